The summed E-state index contributed by atoms with van der Waals surface area (Å²) in [6.07, 6.45) is 1.95. The lowest BCUT2D eigenvalue weighted by Crippen LogP contribution is -2.32. The zero-order valence-corrected chi connectivity index (χ0v) is 13.7. The number of para-hydroxylation sites is 1. The van der Waals surface area contributed by atoms with Gasteiger partial charge in [-0.05, 0) is 42.2 Å². The van der Waals surface area contributed by atoms with Gasteiger partial charge in [-0.25, -0.2) is 4.39 Å². The van der Waals surface area contributed by atoms with Crippen LogP contribution in [0.3, 0.4) is 0 Å². The van der Waals surface area contributed by atoms with Gasteiger partial charge in [0.25, 0.3) is 0 Å². The Bertz CT molecular complexity index is 819. The van der Waals surface area contributed by atoms with Crippen LogP contribution < -0.4 is 5.32 Å². The molecule has 1 N–H and O–H groups in total. The minimum absolute atomic E-state index is 0.0244. The molecule has 1 fully saturated rings. The second kappa shape index (κ2) is 6.31. The van der Waals surface area contributed by atoms with E-state index in [1.54, 1.807) is 12.1 Å². The summed E-state index contributed by atoms with van der Waals surface area (Å²) in [7, 11) is 0. The number of hydrogen-bond donors (Lipinski definition) is 1. The summed E-state index contributed by atoms with van der Waals surface area (Å²) in [6, 6.07) is 13.8. The number of anilines is 1. The molecule has 0 aromatic heterocycles. The first-order valence-electron chi connectivity index (χ1n) is 8.58. The van der Waals surface area contributed by atoms with Crippen LogP contribution in [0, 0.1) is 5.82 Å². The van der Waals surface area contributed by atoms with Crippen LogP contribution in [0.4, 0.5) is 10.1 Å². The standard InChI is InChI=1S/C20H19FN2O2/c21-14-9-7-13(8-10-14)18-6-3-11-23(18)19(24)12-16-15-4-1-2-5-17(15)22-20(16)25/h1-2,4-5,7-10,16,18H,3,6,11-12H2,(H,22,25)/t16-,18+/m1/s1. The second-order valence-corrected chi connectivity index (χ2v) is 6.63. The number of rotatable bonds is 3. The molecule has 0 saturated carbocycles. The van der Waals surface area contributed by atoms with Crippen molar-refractivity contribution in [1.29, 1.82) is 0 Å². The van der Waals surface area contributed by atoms with Crippen LogP contribution in [0.15, 0.2) is 48.5 Å². The average molecular weight is 338 g/mol. The minimum atomic E-state index is -0.432. The lowest BCUT2D eigenvalue weighted by atomic mass is 9.96. The van der Waals surface area contributed by atoms with Gasteiger partial charge >= 0.3 is 0 Å². The van der Waals surface area contributed by atoms with Crippen molar-refractivity contribution in [2.45, 2.75) is 31.2 Å². The molecule has 0 spiro atoms. The maximum atomic E-state index is 13.2. The van der Waals surface area contributed by atoms with E-state index in [-0.39, 0.29) is 30.1 Å². The van der Waals surface area contributed by atoms with Gasteiger partial charge in [0, 0.05) is 18.7 Å². The Morgan fingerprint density at radius 3 is 2.72 bits per heavy atom. The Labute approximate surface area is 145 Å². The molecule has 2 amide bonds. The Morgan fingerprint density at radius 2 is 1.92 bits per heavy atom. The van der Waals surface area contributed by atoms with E-state index in [1.807, 2.05) is 29.2 Å². The molecular weight excluding hydrogens is 319 g/mol. The molecule has 25 heavy (non-hydrogen) atoms. The van der Waals surface area contributed by atoms with E-state index >= 15 is 0 Å². The van der Waals surface area contributed by atoms with Crippen molar-refractivity contribution < 1.29 is 14.0 Å². The Balaban J connectivity index is 1.53. The van der Waals surface area contributed by atoms with E-state index in [1.165, 1.54) is 12.1 Å². The van der Waals surface area contributed by atoms with Crippen LogP contribution in [0.25, 0.3) is 0 Å². The number of hydrogen-bond acceptors (Lipinski definition) is 2. The number of nitrogens with zero attached hydrogens (tertiary/aromatic N) is 1. The zero-order chi connectivity index (χ0) is 17.4. The second-order valence-electron chi connectivity index (χ2n) is 6.63. The molecule has 128 valence electrons. The van der Waals surface area contributed by atoms with Crippen LogP contribution in [0.5, 0.6) is 0 Å². The third-order valence-electron chi connectivity index (χ3n) is 5.12. The topological polar surface area (TPSA) is 49.4 Å². The van der Waals surface area contributed by atoms with E-state index in [9.17, 15) is 14.0 Å². The Kier molecular flexibility index (Phi) is 3.99. The normalized spacial score (nSPS) is 22.0. The average Bonchev–Trinajstić information content (AvgIpc) is 3.21. The first kappa shape index (κ1) is 15.8. The van der Waals surface area contributed by atoms with Crippen molar-refractivity contribution in [3.8, 4) is 0 Å². The SMILES string of the molecule is O=C1Nc2ccccc2[C@H]1CC(=O)N1CCC[C@H]1c1ccc(F)cc1. The number of fused-ring (bicyclic) bond motifs is 1. The minimum Gasteiger partial charge on any atom is -0.336 e. The van der Waals surface area contributed by atoms with E-state index in [2.05, 4.69) is 5.32 Å². The highest BCUT2D eigenvalue weighted by Gasteiger charge is 2.36. The molecule has 4 rings (SSSR count). The van der Waals surface area contributed by atoms with Gasteiger partial charge in [0.1, 0.15) is 5.82 Å². The highest BCUT2D eigenvalue weighted by Crippen LogP contribution is 2.37. The van der Waals surface area contributed by atoms with Crippen molar-refractivity contribution in [2.75, 3.05) is 11.9 Å². The first-order chi connectivity index (χ1) is 12.1. The van der Waals surface area contributed by atoms with Gasteiger partial charge in [-0.15, -0.1) is 0 Å². The number of nitrogens with one attached hydrogen (secondary N) is 1. The molecule has 0 bridgehead atoms. The van der Waals surface area contributed by atoms with Crippen LogP contribution in [-0.4, -0.2) is 23.3 Å². The number of halogens is 1. The highest BCUT2D eigenvalue weighted by molar-refractivity contribution is 6.04. The summed E-state index contributed by atoms with van der Waals surface area (Å²) in [4.78, 5) is 27.0. The molecular formula is C20H19FN2O2. The van der Waals surface area contributed by atoms with Crippen molar-refractivity contribution in [1.82, 2.24) is 4.90 Å². The molecule has 2 atom stereocenters. The number of likely N-dealkylation sites (tertiary alicyclic amines) is 1. The Morgan fingerprint density at radius 1 is 1.16 bits per heavy atom. The van der Waals surface area contributed by atoms with Gasteiger partial charge in [-0.1, -0.05) is 30.3 Å². The molecule has 2 aliphatic heterocycles. The number of carbonyl (C=O) groups is 2. The van der Waals surface area contributed by atoms with Crippen molar-refractivity contribution in [2.24, 2.45) is 0 Å². The van der Waals surface area contributed by atoms with Crippen LogP contribution in [-0.2, 0) is 9.59 Å². The summed E-state index contributed by atoms with van der Waals surface area (Å²) in [5.74, 6) is -0.854. The largest absolute Gasteiger partial charge is 0.336 e. The summed E-state index contributed by atoms with van der Waals surface area (Å²) >= 11 is 0. The van der Waals surface area contributed by atoms with E-state index < -0.39 is 5.92 Å². The highest BCUT2D eigenvalue weighted by atomic mass is 19.1. The lowest BCUT2D eigenvalue weighted by Gasteiger charge is -2.26. The maximum Gasteiger partial charge on any atom is 0.232 e. The van der Waals surface area contributed by atoms with Crippen LogP contribution in [0.2, 0.25) is 0 Å². The fourth-order valence-corrected chi connectivity index (χ4v) is 3.87. The molecule has 4 nitrogen and oxygen atoms in total. The van der Waals surface area contributed by atoms with Gasteiger partial charge < -0.3 is 10.2 Å². The quantitative estimate of drug-likeness (QED) is 0.929. The molecule has 0 aliphatic carbocycles. The van der Waals surface area contributed by atoms with Crippen LogP contribution in [0.1, 0.15) is 42.3 Å². The fraction of sp³-hybridized carbons (Fsp3) is 0.300. The third kappa shape index (κ3) is 2.90. The van der Waals surface area contributed by atoms with Crippen LogP contribution >= 0.6 is 0 Å². The number of benzene rings is 2. The predicted molar refractivity (Wildman–Crippen MR) is 92.5 cm³/mol. The molecule has 2 heterocycles. The van der Waals surface area contributed by atoms with Crippen molar-refractivity contribution in [3.63, 3.8) is 0 Å². The fourth-order valence-electron chi connectivity index (χ4n) is 3.87. The number of carbonyl (C=O) groups excluding carboxylic acids is 2. The van der Waals surface area contributed by atoms with Crippen molar-refractivity contribution >= 4 is 17.5 Å². The lowest BCUT2D eigenvalue weighted by molar-refractivity contribution is -0.134. The third-order valence-corrected chi connectivity index (χ3v) is 5.12. The molecule has 2 aromatic rings. The molecule has 0 radical (unpaired) electrons. The molecule has 0 unspecified atom stereocenters. The van der Waals surface area contributed by atoms with Gasteiger partial charge in [0.15, 0.2) is 0 Å². The summed E-state index contributed by atoms with van der Waals surface area (Å²) in [5.41, 5.74) is 2.63. The van der Waals surface area contributed by atoms with Gasteiger partial charge in [-0.2, -0.15) is 0 Å². The van der Waals surface area contributed by atoms with Gasteiger partial charge in [0.2, 0.25) is 11.8 Å². The van der Waals surface area contributed by atoms with Gasteiger partial charge in [-0.3, -0.25) is 9.59 Å². The van der Waals surface area contributed by atoms with Gasteiger partial charge in [0.05, 0.1) is 12.0 Å². The Hall–Kier alpha value is -2.69. The monoisotopic (exact) mass is 338 g/mol. The molecule has 2 aliphatic rings. The maximum absolute atomic E-state index is 13.2. The first-order valence-corrected chi connectivity index (χ1v) is 8.58. The summed E-state index contributed by atoms with van der Waals surface area (Å²) in [6.45, 7) is 0.677. The zero-order valence-electron chi connectivity index (χ0n) is 13.7. The van der Waals surface area contributed by atoms with E-state index in [4.69, 9.17) is 0 Å². The van der Waals surface area contributed by atoms with E-state index in [0.717, 1.165) is 29.7 Å². The summed E-state index contributed by atoms with van der Waals surface area (Å²) < 4.78 is 13.2. The van der Waals surface area contributed by atoms with Crippen molar-refractivity contribution in [3.05, 3.63) is 65.5 Å². The van der Waals surface area contributed by atoms with E-state index in [0.29, 0.717) is 6.54 Å². The predicted octanol–water partition coefficient (Wildman–Crippen LogP) is 3.62. The smallest absolute Gasteiger partial charge is 0.232 e. The molecule has 1 saturated heterocycles. The summed E-state index contributed by atoms with van der Waals surface area (Å²) in [5, 5.41) is 2.84. The molecule has 2 aromatic carbocycles. The molecule has 5 heteroatoms. The number of amides is 2.